The van der Waals surface area contributed by atoms with Crippen LogP contribution in [0.15, 0.2) is 303 Å². The van der Waals surface area contributed by atoms with Crippen molar-refractivity contribution in [2.24, 2.45) is 0 Å². The lowest BCUT2D eigenvalue weighted by atomic mass is 9.67. The van der Waals surface area contributed by atoms with Gasteiger partial charge in [0.25, 0.3) is 0 Å². The highest BCUT2D eigenvalue weighted by atomic mass is 15.1. The van der Waals surface area contributed by atoms with Crippen molar-refractivity contribution in [1.29, 1.82) is 0 Å². The zero-order valence-corrected chi connectivity index (χ0v) is 42.3. The van der Waals surface area contributed by atoms with Gasteiger partial charge in [-0.25, -0.2) is 0 Å². The Bertz CT molecular complexity index is 4530. The molecule has 0 saturated heterocycles. The minimum absolute atomic E-state index is 0.535. The van der Waals surface area contributed by atoms with Crippen molar-refractivity contribution >= 4 is 60.4 Å². The van der Waals surface area contributed by atoms with Gasteiger partial charge in [-0.1, -0.05) is 224 Å². The van der Waals surface area contributed by atoms with Crippen molar-refractivity contribution in [2.75, 3.05) is 4.90 Å². The highest BCUT2D eigenvalue weighted by molar-refractivity contribution is 6.11. The Morgan fingerprint density at radius 1 is 0.260 bits per heavy atom. The summed E-state index contributed by atoms with van der Waals surface area (Å²) in [6, 6.07) is 112. The summed E-state index contributed by atoms with van der Waals surface area (Å²) in [6.07, 6.45) is 0. The Morgan fingerprint density at radius 2 is 0.779 bits per heavy atom. The zero-order chi connectivity index (χ0) is 50.9. The number of hydrogen-bond acceptors (Lipinski definition) is 1. The molecule has 14 aromatic rings. The SMILES string of the molecule is c1ccc(C2(c3ccccc3)c3ccccc3-c3ccc(N(c4ccc(-c5ccc6ccccc6c5)cc4)c4cccc(-c5cccc(-c6ccc7c(c6)c6ccccc6n7-c6ccc7ccccc7c6)c5)c4)cc32)cc1. The summed E-state index contributed by atoms with van der Waals surface area (Å²) in [4.78, 5) is 2.45. The molecule has 0 N–H and O–H groups in total. The monoisotopic (exact) mass is 978 g/mol. The molecule has 1 aromatic heterocycles. The van der Waals surface area contributed by atoms with Gasteiger partial charge in [0.05, 0.1) is 16.4 Å². The number of fused-ring (bicyclic) bond motifs is 8. The van der Waals surface area contributed by atoms with E-state index in [1.54, 1.807) is 0 Å². The fourth-order valence-electron chi connectivity index (χ4n) is 12.6. The maximum absolute atomic E-state index is 2.47. The highest BCUT2D eigenvalue weighted by Gasteiger charge is 2.46. The van der Waals surface area contributed by atoms with Gasteiger partial charge in [0.15, 0.2) is 0 Å². The zero-order valence-electron chi connectivity index (χ0n) is 42.3. The molecule has 0 atom stereocenters. The molecule has 0 fully saturated rings. The Kier molecular flexibility index (Phi) is 10.5. The first-order chi connectivity index (χ1) is 38.2. The molecule has 0 saturated carbocycles. The van der Waals surface area contributed by atoms with Crippen molar-refractivity contribution in [3.8, 4) is 50.2 Å². The molecule has 1 aliphatic carbocycles. The molecule has 1 aliphatic rings. The van der Waals surface area contributed by atoms with Crippen LogP contribution in [-0.4, -0.2) is 4.57 Å². The van der Waals surface area contributed by atoms with E-state index >= 15 is 0 Å². The molecule has 360 valence electrons. The molecule has 0 bridgehead atoms. The summed E-state index contributed by atoms with van der Waals surface area (Å²) in [6.45, 7) is 0. The van der Waals surface area contributed by atoms with E-state index < -0.39 is 5.41 Å². The lowest BCUT2D eigenvalue weighted by Gasteiger charge is -2.35. The summed E-state index contributed by atoms with van der Waals surface area (Å²) in [5, 5.41) is 7.44. The fraction of sp³-hybridized carbons (Fsp3) is 0.0133. The normalized spacial score (nSPS) is 12.5. The first kappa shape index (κ1) is 44.5. The van der Waals surface area contributed by atoms with Crippen LogP contribution in [0.1, 0.15) is 22.3 Å². The van der Waals surface area contributed by atoms with Crippen LogP contribution in [0.3, 0.4) is 0 Å². The molecule has 15 rings (SSSR count). The Morgan fingerprint density at radius 3 is 1.53 bits per heavy atom. The molecule has 1 heterocycles. The Balaban J connectivity index is 0.862. The van der Waals surface area contributed by atoms with Crippen LogP contribution >= 0.6 is 0 Å². The molecular weight excluding hydrogens is 929 g/mol. The van der Waals surface area contributed by atoms with E-state index in [2.05, 4.69) is 313 Å². The number of aromatic nitrogens is 1. The van der Waals surface area contributed by atoms with Crippen molar-refractivity contribution in [3.05, 3.63) is 326 Å². The summed E-state index contributed by atoms with van der Waals surface area (Å²) in [7, 11) is 0. The number of anilines is 3. The van der Waals surface area contributed by atoms with Crippen LogP contribution in [0.4, 0.5) is 17.1 Å². The van der Waals surface area contributed by atoms with E-state index in [9.17, 15) is 0 Å². The molecular formula is C75H50N2. The van der Waals surface area contributed by atoms with E-state index in [0.717, 1.165) is 33.9 Å². The molecule has 13 aromatic carbocycles. The Hall–Kier alpha value is -10.0. The summed E-state index contributed by atoms with van der Waals surface area (Å²) in [5.41, 5.74) is 20.9. The lowest BCUT2D eigenvalue weighted by molar-refractivity contribution is 0.768. The third-order valence-electron chi connectivity index (χ3n) is 16.2. The maximum atomic E-state index is 2.47. The second-order valence-electron chi connectivity index (χ2n) is 20.4. The van der Waals surface area contributed by atoms with Crippen molar-refractivity contribution < 1.29 is 0 Å². The average molecular weight is 979 g/mol. The molecule has 2 heteroatoms. The molecule has 77 heavy (non-hydrogen) atoms. The summed E-state index contributed by atoms with van der Waals surface area (Å²) in [5.74, 6) is 0. The molecule has 0 spiro atoms. The minimum Gasteiger partial charge on any atom is -0.310 e. The first-order valence-corrected chi connectivity index (χ1v) is 26.6. The smallest absolute Gasteiger partial charge is 0.0714 e. The van der Waals surface area contributed by atoms with E-state index in [0.29, 0.717) is 0 Å². The molecule has 2 nitrogen and oxygen atoms in total. The van der Waals surface area contributed by atoms with Gasteiger partial charge >= 0.3 is 0 Å². The van der Waals surface area contributed by atoms with Crippen LogP contribution in [-0.2, 0) is 5.41 Å². The lowest BCUT2D eigenvalue weighted by Crippen LogP contribution is -2.28. The quantitative estimate of drug-likeness (QED) is 0.140. The van der Waals surface area contributed by atoms with Gasteiger partial charge in [-0.2, -0.15) is 0 Å². The summed E-state index contributed by atoms with van der Waals surface area (Å²) < 4.78 is 2.41. The van der Waals surface area contributed by atoms with Crippen LogP contribution in [0.5, 0.6) is 0 Å². The average Bonchev–Trinajstić information content (AvgIpc) is 4.15. The van der Waals surface area contributed by atoms with Gasteiger partial charge in [-0.15, -0.1) is 0 Å². The third-order valence-corrected chi connectivity index (χ3v) is 16.2. The number of hydrogen-bond donors (Lipinski definition) is 0. The van der Waals surface area contributed by atoms with Crippen LogP contribution in [0.2, 0.25) is 0 Å². The minimum atomic E-state index is -0.535. The number of rotatable bonds is 9. The van der Waals surface area contributed by atoms with Crippen LogP contribution in [0, 0.1) is 0 Å². The largest absolute Gasteiger partial charge is 0.310 e. The van der Waals surface area contributed by atoms with Crippen LogP contribution < -0.4 is 4.90 Å². The molecule has 0 radical (unpaired) electrons. The molecule has 0 aliphatic heterocycles. The van der Waals surface area contributed by atoms with Gasteiger partial charge in [-0.05, 0) is 167 Å². The van der Waals surface area contributed by atoms with E-state index in [1.165, 1.54) is 99.0 Å². The van der Waals surface area contributed by atoms with Gasteiger partial charge in [0.1, 0.15) is 0 Å². The Labute approximate surface area is 448 Å². The second-order valence-corrected chi connectivity index (χ2v) is 20.4. The van der Waals surface area contributed by atoms with Crippen molar-refractivity contribution in [2.45, 2.75) is 5.41 Å². The molecule has 0 unspecified atom stereocenters. The fourth-order valence-corrected chi connectivity index (χ4v) is 12.6. The second kappa shape index (κ2) is 18.1. The van der Waals surface area contributed by atoms with Gasteiger partial charge in [0.2, 0.25) is 0 Å². The topological polar surface area (TPSA) is 8.17 Å². The van der Waals surface area contributed by atoms with E-state index in [4.69, 9.17) is 0 Å². The molecule has 0 amide bonds. The number of nitrogens with zero attached hydrogens (tertiary/aromatic N) is 2. The van der Waals surface area contributed by atoms with Gasteiger partial charge in [0, 0.05) is 33.5 Å². The standard InChI is InChI=1S/C75H50N2/c1-3-24-61(25-4-1)75(62-26-5-2-6-27-62)71-31-13-11-29-67(71)68-43-42-66(50-72(68)75)76(63-39-35-53(36-40-63)59-34-33-51-17-7-9-19-54(51)45-59)64-28-16-23-58(48-64)55-21-15-22-56(46-55)60-38-44-74-70(49-60)69-30-12-14-32-73(69)77(74)65-41-37-52-18-8-10-20-57(52)47-65/h1-50H. The predicted molar refractivity (Wildman–Crippen MR) is 324 cm³/mol. The third kappa shape index (κ3) is 7.33. The number of para-hydroxylation sites is 1. The van der Waals surface area contributed by atoms with Crippen molar-refractivity contribution in [1.82, 2.24) is 4.57 Å². The van der Waals surface area contributed by atoms with E-state index in [1.807, 2.05) is 0 Å². The van der Waals surface area contributed by atoms with Crippen molar-refractivity contribution in [3.63, 3.8) is 0 Å². The van der Waals surface area contributed by atoms with Crippen LogP contribution in [0.25, 0.3) is 93.5 Å². The highest BCUT2D eigenvalue weighted by Crippen LogP contribution is 2.57. The number of benzene rings is 13. The first-order valence-electron chi connectivity index (χ1n) is 26.6. The predicted octanol–water partition coefficient (Wildman–Crippen LogP) is 19.9. The van der Waals surface area contributed by atoms with E-state index in [-0.39, 0.29) is 0 Å². The van der Waals surface area contributed by atoms with Gasteiger partial charge < -0.3 is 9.47 Å². The van der Waals surface area contributed by atoms with Gasteiger partial charge in [-0.3, -0.25) is 0 Å². The summed E-state index contributed by atoms with van der Waals surface area (Å²) >= 11 is 0. The maximum Gasteiger partial charge on any atom is 0.0714 e.